The molecule has 2 heteroatoms. The van der Waals surface area contributed by atoms with E-state index in [1.807, 2.05) is 0 Å². The molecule has 1 aliphatic carbocycles. The first-order chi connectivity index (χ1) is 9.20. The first-order valence-corrected chi connectivity index (χ1v) is 8.06. The lowest BCUT2D eigenvalue weighted by atomic mass is 9.95. The summed E-state index contributed by atoms with van der Waals surface area (Å²) in [6, 6.07) is 8.54. The van der Waals surface area contributed by atoms with E-state index in [4.69, 9.17) is 11.6 Å². The molecule has 19 heavy (non-hydrogen) atoms. The monoisotopic (exact) mass is 280 g/mol. The Kier molecular flexibility index (Phi) is 5.72. The van der Waals surface area contributed by atoms with E-state index in [2.05, 4.69) is 31.2 Å². The molecule has 1 saturated carbocycles. The minimum atomic E-state index is -0.301. The zero-order valence-corrected chi connectivity index (χ0v) is 12.6. The van der Waals surface area contributed by atoms with Crippen LogP contribution in [-0.2, 0) is 0 Å². The van der Waals surface area contributed by atoms with E-state index in [1.54, 1.807) is 0 Å². The maximum absolute atomic E-state index is 10.1. The molecule has 1 N–H and O–H groups in total. The summed E-state index contributed by atoms with van der Waals surface area (Å²) in [7, 11) is 0. The smallest absolute Gasteiger partial charge is 0.0790 e. The van der Waals surface area contributed by atoms with E-state index in [-0.39, 0.29) is 6.10 Å². The summed E-state index contributed by atoms with van der Waals surface area (Å²) in [5.41, 5.74) is 2.44. The summed E-state index contributed by atoms with van der Waals surface area (Å²) in [4.78, 5) is 0. The Bertz CT molecular complexity index is 373. The highest BCUT2D eigenvalue weighted by Gasteiger charge is 2.24. The Morgan fingerprint density at radius 2 is 1.95 bits per heavy atom. The zero-order chi connectivity index (χ0) is 13.7. The van der Waals surface area contributed by atoms with Gasteiger partial charge in [0.2, 0.25) is 0 Å². The number of alkyl halides is 1. The van der Waals surface area contributed by atoms with Crippen LogP contribution in [0.15, 0.2) is 24.3 Å². The molecule has 0 radical (unpaired) electrons. The van der Waals surface area contributed by atoms with Crippen molar-refractivity contribution in [2.24, 2.45) is 0 Å². The molecule has 0 aliphatic heterocycles. The highest BCUT2D eigenvalue weighted by Crippen LogP contribution is 2.37. The fourth-order valence-corrected chi connectivity index (χ4v) is 3.31. The summed E-state index contributed by atoms with van der Waals surface area (Å²) >= 11 is 6.17. The van der Waals surface area contributed by atoms with E-state index < -0.39 is 0 Å². The number of hydrogen-bond acceptors (Lipinski definition) is 1. The fourth-order valence-electron chi connectivity index (χ4n) is 2.97. The zero-order valence-electron chi connectivity index (χ0n) is 11.8. The van der Waals surface area contributed by atoms with Gasteiger partial charge in [-0.1, -0.05) is 50.5 Å². The highest BCUT2D eigenvalue weighted by atomic mass is 35.5. The van der Waals surface area contributed by atoms with Crippen molar-refractivity contribution in [2.75, 3.05) is 0 Å². The van der Waals surface area contributed by atoms with Crippen LogP contribution in [0.5, 0.6) is 0 Å². The van der Waals surface area contributed by atoms with Crippen LogP contribution in [-0.4, -0.2) is 10.5 Å². The number of hydrogen-bond donors (Lipinski definition) is 1. The van der Waals surface area contributed by atoms with Gasteiger partial charge in [-0.3, -0.25) is 0 Å². The number of benzene rings is 1. The SMILES string of the molecule is CCCCCC(O)c1ccc([C@H]2CCC(Cl)C2)cc1. The van der Waals surface area contributed by atoms with Gasteiger partial charge in [0, 0.05) is 5.38 Å². The second kappa shape index (κ2) is 7.31. The average Bonchev–Trinajstić information content (AvgIpc) is 2.86. The van der Waals surface area contributed by atoms with Gasteiger partial charge in [-0.05, 0) is 42.7 Å². The van der Waals surface area contributed by atoms with Crippen LogP contribution in [0.3, 0.4) is 0 Å². The molecule has 0 bridgehead atoms. The first-order valence-electron chi connectivity index (χ1n) is 7.62. The van der Waals surface area contributed by atoms with Crippen LogP contribution in [0.2, 0.25) is 0 Å². The molecule has 2 rings (SSSR count). The van der Waals surface area contributed by atoms with Crippen molar-refractivity contribution >= 4 is 11.6 Å². The van der Waals surface area contributed by atoms with Gasteiger partial charge in [0.05, 0.1) is 6.10 Å². The lowest BCUT2D eigenvalue weighted by molar-refractivity contribution is 0.163. The van der Waals surface area contributed by atoms with Crippen LogP contribution < -0.4 is 0 Å². The normalized spacial score (nSPS) is 24.6. The molecule has 1 fully saturated rings. The molecule has 1 aliphatic rings. The second-order valence-electron chi connectivity index (χ2n) is 5.79. The standard InChI is InChI=1S/C17H25ClO/c1-2-3-4-5-17(19)14-8-6-13(7-9-14)15-10-11-16(18)12-15/h6-9,15-17,19H,2-5,10-12H2,1H3/t15-,16?,17?/m0/s1. The van der Waals surface area contributed by atoms with Crippen LogP contribution >= 0.6 is 11.6 Å². The molecule has 0 aromatic heterocycles. The Labute approximate surface area is 122 Å². The molecular formula is C17H25ClO. The molecule has 1 aromatic rings. The van der Waals surface area contributed by atoms with E-state index in [1.165, 1.54) is 24.8 Å². The van der Waals surface area contributed by atoms with Crippen molar-refractivity contribution in [3.05, 3.63) is 35.4 Å². The number of aliphatic hydroxyl groups excluding tert-OH is 1. The summed E-state index contributed by atoms with van der Waals surface area (Å²) in [5.74, 6) is 0.619. The minimum absolute atomic E-state index is 0.301. The number of rotatable bonds is 6. The van der Waals surface area contributed by atoms with Gasteiger partial charge >= 0.3 is 0 Å². The summed E-state index contributed by atoms with van der Waals surface area (Å²) < 4.78 is 0. The molecule has 106 valence electrons. The average molecular weight is 281 g/mol. The first kappa shape index (κ1) is 14.9. The molecule has 3 atom stereocenters. The van der Waals surface area contributed by atoms with Gasteiger partial charge in [0.25, 0.3) is 0 Å². The van der Waals surface area contributed by atoms with Crippen molar-refractivity contribution in [1.29, 1.82) is 0 Å². The fraction of sp³-hybridized carbons (Fsp3) is 0.647. The summed E-state index contributed by atoms with van der Waals surface area (Å²) in [6.45, 7) is 2.19. The lowest BCUT2D eigenvalue weighted by Crippen LogP contribution is -1.99. The van der Waals surface area contributed by atoms with Crippen LogP contribution in [0.25, 0.3) is 0 Å². The topological polar surface area (TPSA) is 20.2 Å². The van der Waals surface area contributed by atoms with Crippen molar-refractivity contribution in [1.82, 2.24) is 0 Å². The second-order valence-corrected chi connectivity index (χ2v) is 6.40. The predicted molar refractivity (Wildman–Crippen MR) is 81.8 cm³/mol. The van der Waals surface area contributed by atoms with Crippen LogP contribution in [0, 0.1) is 0 Å². The summed E-state index contributed by atoms with van der Waals surface area (Å²) in [5, 5.41) is 10.5. The van der Waals surface area contributed by atoms with E-state index in [0.717, 1.165) is 31.2 Å². The minimum Gasteiger partial charge on any atom is -0.388 e. The lowest BCUT2D eigenvalue weighted by Gasteiger charge is -2.14. The Balaban J connectivity index is 1.90. The van der Waals surface area contributed by atoms with E-state index in [9.17, 15) is 5.11 Å². The van der Waals surface area contributed by atoms with Gasteiger partial charge in [-0.15, -0.1) is 11.6 Å². The number of halogens is 1. The van der Waals surface area contributed by atoms with Crippen molar-refractivity contribution < 1.29 is 5.11 Å². The van der Waals surface area contributed by atoms with Crippen molar-refractivity contribution in [3.63, 3.8) is 0 Å². The molecule has 0 spiro atoms. The molecule has 0 amide bonds. The Morgan fingerprint density at radius 1 is 1.21 bits per heavy atom. The Hall–Kier alpha value is -0.530. The number of unbranched alkanes of at least 4 members (excludes halogenated alkanes) is 2. The molecule has 0 heterocycles. The van der Waals surface area contributed by atoms with Gasteiger partial charge in [0.15, 0.2) is 0 Å². The molecule has 1 aromatic carbocycles. The Morgan fingerprint density at radius 3 is 2.53 bits per heavy atom. The van der Waals surface area contributed by atoms with Crippen LogP contribution in [0.1, 0.15) is 75.0 Å². The van der Waals surface area contributed by atoms with E-state index >= 15 is 0 Å². The van der Waals surface area contributed by atoms with E-state index in [0.29, 0.717) is 11.3 Å². The molecule has 0 saturated heterocycles. The van der Waals surface area contributed by atoms with Crippen molar-refractivity contribution in [3.8, 4) is 0 Å². The number of aliphatic hydroxyl groups is 1. The van der Waals surface area contributed by atoms with Gasteiger partial charge in [-0.2, -0.15) is 0 Å². The van der Waals surface area contributed by atoms with Crippen LogP contribution in [0.4, 0.5) is 0 Å². The maximum atomic E-state index is 10.1. The highest BCUT2D eigenvalue weighted by molar-refractivity contribution is 6.20. The predicted octanol–water partition coefficient (Wildman–Crippen LogP) is 5.18. The van der Waals surface area contributed by atoms with Gasteiger partial charge in [-0.25, -0.2) is 0 Å². The maximum Gasteiger partial charge on any atom is 0.0790 e. The third-order valence-electron chi connectivity index (χ3n) is 4.24. The quantitative estimate of drug-likeness (QED) is 0.563. The molecular weight excluding hydrogens is 256 g/mol. The third-order valence-corrected chi connectivity index (χ3v) is 4.64. The largest absolute Gasteiger partial charge is 0.388 e. The van der Waals surface area contributed by atoms with Gasteiger partial charge in [0.1, 0.15) is 0 Å². The van der Waals surface area contributed by atoms with Crippen molar-refractivity contribution in [2.45, 2.75) is 69.3 Å². The summed E-state index contributed by atoms with van der Waals surface area (Å²) in [6.07, 6.45) is 7.52. The third kappa shape index (κ3) is 4.22. The molecule has 2 unspecified atom stereocenters. The van der Waals surface area contributed by atoms with Gasteiger partial charge < -0.3 is 5.11 Å². The molecule has 1 nitrogen and oxygen atoms in total.